The zero-order valence-electron chi connectivity index (χ0n) is 11.0. The average Bonchev–Trinajstić information content (AvgIpc) is 2.30. The summed E-state index contributed by atoms with van der Waals surface area (Å²) in [6, 6.07) is 11.1. The minimum absolute atomic E-state index is 0.510. The Morgan fingerprint density at radius 2 is 2.00 bits per heavy atom. The van der Waals surface area contributed by atoms with E-state index in [1.54, 1.807) is 0 Å². The van der Waals surface area contributed by atoms with E-state index in [1.165, 1.54) is 5.56 Å². The molecule has 1 aromatic carbocycles. The summed E-state index contributed by atoms with van der Waals surface area (Å²) in [4.78, 5) is 2.34. The van der Waals surface area contributed by atoms with Crippen LogP contribution in [0, 0.1) is 0 Å². The second kappa shape index (κ2) is 8.23. The zero-order chi connectivity index (χ0) is 12.5. The first-order chi connectivity index (χ1) is 8.22. The summed E-state index contributed by atoms with van der Waals surface area (Å²) < 4.78 is 0. The summed E-state index contributed by atoms with van der Waals surface area (Å²) in [7, 11) is 2.16. The number of nitrogens with zero attached hydrogens (tertiary/aromatic N) is 1. The van der Waals surface area contributed by atoms with Crippen molar-refractivity contribution in [3.05, 3.63) is 35.9 Å². The molecule has 96 valence electrons. The smallest absolute Gasteiger partial charge is 0.0231 e. The quantitative estimate of drug-likeness (QED) is 0.670. The van der Waals surface area contributed by atoms with Gasteiger partial charge in [-0.3, -0.25) is 0 Å². The van der Waals surface area contributed by atoms with Crippen molar-refractivity contribution in [1.82, 2.24) is 10.2 Å². The van der Waals surface area contributed by atoms with Gasteiger partial charge in [-0.05, 0) is 39.0 Å². The minimum Gasteiger partial charge on any atom is -0.330 e. The van der Waals surface area contributed by atoms with Gasteiger partial charge >= 0.3 is 0 Å². The van der Waals surface area contributed by atoms with Gasteiger partial charge in [-0.15, -0.1) is 0 Å². The molecule has 3 nitrogen and oxygen atoms in total. The van der Waals surface area contributed by atoms with Crippen LogP contribution in [0.25, 0.3) is 0 Å². The van der Waals surface area contributed by atoms with Crippen LogP contribution in [0.4, 0.5) is 0 Å². The van der Waals surface area contributed by atoms with Crippen molar-refractivity contribution >= 4 is 0 Å². The third kappa shape index (κ3) is 6.41. The molecule has 0 bridgehead atoms. The fourth-order valence-electron chi connectivity index (χ4n) is 1.94. The Hall–Kier alpha value is -0.900. The maximum absolute atomic E-state index is 5.47. The highest BCUT2D eigenvalue weighted by molar-refractivity contribution is 5.14. The van der Waals surface area contributed by atoms with E-state index in [4.69, 9.17) is 5.73 Å². The van der Waals surface area contributed by atoms with Gasteiger partial charge in [-0.25, -0.2) is 0 Å². The summed E-state index contributed by atoms with van der Waals surface area (Å²) in [5.41, 5.74) is 6.83. The summed E-state index contributed by atoms with van der Waals surface area (Å²) >= 11 is 0. The van der Waals surface area contributed by atoms with E-state index in [0.717, 1.165) is 32.6 Å². The van der Waals surface area contributed by atoms with Gasteiger partial charge in [0.1, 0.15) is 0 Å². The Morgan fingerprint density at radius 1 is 1.29 bits per heavy atom. The molecule has 0 aliphatic rings. The standard InChI is InChI=1S/C14H25N3/c1-13(16-10-6-9-15)11-17(2)12-14-7-4-3-5-8-14/h3-5,7-8,13,16H,6,9-12,15H2,1-2H3. The van der Waals surface area contributed by atoms with E-state index in [-0.39, 0.29) is 0 Å². The lowest BCUT2D eigenvalue weighted by Crippen LogP contribution is -2.38. The monoisotopic (exact) mass is 235 g/mol. The van der Waals surface area contributed by atoms with E-state index in [1.807, 2.05) is 0 Å². The maximum atomic E-state index is 5.47. The van der Waals surface area contributed by atoms with Gasteiger partial charge < -0.3 is 16.0 Å². The Kier molecular flexibility index (Phi) is 6.86. The summed E-state index contributed by atoms with van der Waals surface area (Å²) in [5, 5.41) is 3.48. The highest BCUT2D eigenvalue weighted by Crippen LogP contribution is 2.02. The summed E-state index contributed by atoms with van der Waals surface area (Å²) in [5.74, 6) is 0. The number of hydrogen-bond acceptors (Lipinski definition) is 3. The van der Waals surface area contributed by atoms with Crippen LogP contribution in [0.3, 0.4) is 0 Å². The second-order valence-corrected chi connectivity index (χ2v) is 4.68. The van der Waals surface area contributed by atoms with Crippen molar-refractivity contribution in [3.8, 4) is 0 Å². The molecule has 0 aliphatic heterocycles. The van der Waals surface area contributed by atoms with Crippen LogP contribution < -0.4 is 11.1 Å². The molecule has 0 radical (unpaired) electrons. The highest BCUT2D eigenvalue weighted by Gasteiger charge is 2.05. The van der Waals surface area contributed by atoms with Gasteiger partial charge in [0, 0.05) is 19.1 Å². The van der Waals surface area contributed by atoms with Gasteiger partial charge in [0.2, 0.25) is 0 Å². The number of hydrogen-bond donors (Lipinski definition) is 2. The fourth-order valence-corrected chi connectivity index (χ4v) is 1.94. The number of nitrogens with one attached hydrogen (secondary N) is 1. The number of nitrogens with two attached hydrogens (primary N) is 1. The lowest BCUT2D eigenvalue weighted by Gasteiger charge is -2.22. The predicted molar refractivity (Wildman–Crippen MR) is 73.9 cm³/mol. The first-order valence-corrected chi connectivity index (χ1v) is 6.38. The molecule has 0 aromatic heterocycles. The molecule has 0 saturated heterocycles. The normalized spacial score (nSPS) is 12.9. The Balaban J connectivity index is 2.22. The van der Waals surface area contributed by atoms with Crippen molar-refractivity contribution < 1.29 is 0 Å². The molecule has 1 unspecified atom stereocenters. The minimum atomic E-state index is 0.510. The maximum Gasteiger partial charge on any atom is 0.0231 e. The largest absolute Gasteiger partial charge is 0.330 e. The molecule has 3 heteroatoms. The number of benzene rings is 1. The predicted octanol–water partition coefficient (Wildman–Crippen LogP) is 1.45. The van der Waals surface area contributed by atoms with E-state index in [9.17, 15) is 0 Å². The lowest BCUT2D eigenvalue weighted by atomic mass is 10.2. The van der Waals surface area contributed by atoms with E-state index in [2.05, 4.69) is 54.5 Å². The molecular formula is C14H25N3. The van der Waals surface area contributed by atoms with Gasteiger partial charge in [0.15, 0.2) is 0 Å². The molecule has 0 saturated carbocycles. The van der Waals surface area contributed by atoms with Crippen molar-refractivity contribution in [2.24, 2.45) is 5.73 Å². The Labute approximate surface area is 105 Å². The third-order valence-electron chi connectivity index (χ3n) is 2.75. The molecule has 17 heavy (non-hydrogen) atoms. The van der Waals surface area contributed by atoms with Gasteiger partial charge in [-0.2, -0.15) is 0 Å². The Morgan fingerprint density at radius 3 is 2.65 bits per heavy atom. The SMILES string of the molecule is CC(CN(C)Cc1ccccc1)NCCCN. The van der Waals surface area contributed by atoms with Crippen LogP contribution in [0.15, 0.2) is 30.3 Å². The average molecular weight is 235 g/mol. The number of likely N-dealkylation sites (N-methyl/N-ethyl adjacent to an activating group) is 1. The lowest BCUT2D eigenvalue weighted by molar-refractivity contribution is 0.289. The molecule has 1 aromatic rings. The molecule has 0 amide bonds. The van der Waals surface area contributed by atoms with Crippen LogP contribution in [0.5, 0.6) is 0 Å². The fraction of sp³-hybridized carbons (Fsp3) is 0.571. The summed E-state index contributed by atoms with van der Waals surface area (Å²) in [6.07, 6.45) is 1.05. The summed E-state index contributed by atoms with van der Waals surface area (Å²) in [6.45, 7) is 6.05. The van der Waals surface area contributed by atoms with E-state index in [0.29, 0.717) is 6.04 Å². The van der Waals surface area contributed by atoms with E-state index >= 15 is 0 Å². The van der Waals surface area contributed by atoms with Crippen molar-refractivity contribution in [2.45, 2.75) is 25.9 Å². The highest BCUT2D eigenvalue weighted by atomic mass is 15.1. The molecule has 0 heterocycles. The van der Waals surface area contributed by atoms with E-state index < -0.39 is 0 Å². The van der Waals surface area contributed by atoms with Crippen molar-refractivity contribution in [2.75, 3.05) is 26.7 Å². The Bertz CT molecular complexity index is 287. The molecule has 1 rings (SSSR count). The molecule has 3 N–H and O–H groups in total. The third-order valence-corrected chi connectivity index (χ3v) is 2.75. The molecule has 0 aliphatic carbocycles. The van der Waals surface area contributed by atoms with Crippen LogP contribution in [0.2, 0.25) is 0 Å². The van der Waals surface area contributed by atoms with Gasteiger partial charge in [0.05, 0.1) is 0 Å². The first-order valence-electron chi connectivity index (χ1n) is 6.38. The molecule has 1 atom stereocenters. The first kappa shape index (κ1) is 14.2. The van der Waals surface area contributed by atoms with Crippen molar-refractivity contribution in [1.29, 1.82) is 0 Å². The molecule has 0 spiro atoms. The van der Waals surface area contributed by atoms with Crippen molar-refractivity contribution in [3.63, 3.8) is 0 Å². The zero-order valence-corrected chi connectivity index (χ0v) is 11.0. The number of rotatable bonds is 8. The second-order valence-electron chi connectivity index (χ2n) is 4.68. The van der Waals surface area contributed by atoms with Crippen LogP contribution in [-0.2, 0) is 6.54 Å². The van der Waals surface area contributed by atoms with Crippen LogP contribution in [0.1, 0.15) is 18.9 Å². The van der Waals surface area contributed by atoms with Gasteiger partial charge in [-0.1, -0.05) is 30.3 Å². The van der Waals surface area contributed by atoms with Crippen LogP contribution >= 0.6 is 0 Å². The van der Waals surface area contributed by atoms with Gasteiger partial charge in [0.25, 0.3) is 0 Å². The molecule has 0 fully saturated rings. The molecular weight excluding hydrogens is 210 g/mol. The van der Waals surface area contributed by atoms with Crippen LogP contribution in [-0.4, -0.2) is 37.6 Å². The topological polar surface area (TPSA) is 41.3 Å².